The standard InChI is InChI=1S/C17H24N4O2/c1-4-14-11-16(21(3)20-14)19-17(23)18-12(2)15(22)10-13-8-6-5-7-9-13/h5-9,11-12,15,22H,4,10H2,1-3H3,(H2,18,19,23). The summed E-state index contributed by atoms with van der Waals surface area (Å²) in [4.78, 5) is 12.1. The van der Waals surface area contributed by atoms with Gasteiger partial charge in [-0.15, -0.1) is 0 Å². The van der Waals surface area contributed by atoms with E-state index in [9.17, 15) is 9.90 Å². The number of carbonyl (C=O) groups is 1. The van der Waals surface area contributed by atoms with Crippen molar-refractivity contribution in [1.82, 2.24) is 15.1 Å². The van der Waals surface area contributed by atoms with Crippen molar-refractivity contribution in [2.24, 2.45) is 7.05 Å². The van der Waals surface area contributed by atoms with Crippen LogP contribution in [-0.4, -0.2) is 33.1 Å². The Morgan fingerprint density at radius 1 is 1.35 bits per heavy atom. The van der Waals surface area contributed by atoms with Gasteiger partial charge in [-0.25, -0.2) is 4.79 Å². The molecule has 6 nitrogen and oxygen atoms in total. The third-order valence-electron chi connectivity index (χ3n) is 3.76. The molecule has 0 saturated carbocycles. The van der Waals surface area contributed by atoms with Gasteiger partial charge in [0.1, 0.15) is 5.82 Å². The summed E-state index contributed by atoms with van der Waals surface area (Å²) in [6, 6.07) is 10.8. The van der Waals surface area contributed by atoms with Gasteiger partial charge in [-0.3, -0.25) is 10.00 Å². The molecule has 0 saturated heterocycles. The van der Waals surface area contributed by atoms with Crippen LogP contribution in [0.15, 0.2) is 36.4 Å². The van der Waals surface area contributed by atoms with Crippen LogP contribution in [0, 0.1) is 0 Å². The summed E-state index contributed by atoms with van der Waals surface area (Å²) in [6.45, 7) is 3.79. The Morgan fingerprint density at radius 3 is 2.65 bits per heavy atom. The molecule has 23 heavy (non-hydrogen) atoms. The quantitative estimate of drug-likeness (QED) is 0.763. The molecule has 1 aromatic carbocycles. The Morgan fingerprint density at radius 2 is 2.04 bits per heavy atom. The maximum absolute atomic E-state index is 12.1. The largest absolute Gasteiger partial charge is 0.391 e. The molecule has 0 aliphatic rings. The van der Waals surface area contributed by atoms with Crippen molar-refractivity contribution in [1.29, 1.82) is 0 Å². The van der Waals surface area contributed by atoms with Crippen LogP contribution in [0.5, 0.6) is 0 Å². The van der Waals surface area contributed by atoms with E-state index in [-0.39, 0.29) is 12.1 Å². The van der Waals surface area contributed by atoms with Gasteiger partial charge in [-0.2, -0.15) is 5.10 Å². The Kier molecular flexibility index (Phi) is 5.76. The molecule has 6 heteroatoms. The van der Waals surface area contributed by atoms with Gasteiger partial charge in [0.25, 0.3) is 0 Å². The second-order valence-corrected chi connectivity index (χ2v) is 5.64. The molecule has 0 spiro atoms. The minimum atomic E-state index is -0.652. The number of aryl methyl sites for hydroxylation is 2. The second-order valence-electron chi connectivity index (χ2n) is 5.64. The van der Waals surface area contributed by atoms with Gasteiger partial charge in [0, 0.05) is 19.5 Å². The van der Waals surface area contributed by atoms with Crippen LogP contribution in [0.1, 0.15) is 25.1 Å². The van der Waals surface area contributed by atoms with Crippen molar-refractivity contribution in [2.75, 3.05) is 5.32 Å². The molecule has 0 radical (unpaired) electrons. The maximum Gasteiger partial charge on any atom is 0.320 e. The molecule has 1 aromatic heterocycles. The molecule has 2 amide bonds. The van der Waals surface area contributed by atoms with Gasteiger partial charge in [0.15, 0.2) is 0 Å². The van der Waals surface area contributed by atoms with E-state index in [1.54, 1.807) is 18.7 Å². The zero-order valence-electron chi connectivity index (χ0n) is 13.8. The third-order valence-corrected chi connectivity index (χ3v) is 3.76. The Bertz CT molecular complexity index is 639. The van der Waals surface area contributed by atoms with E-state index in [4.69, 9.17) is 0 Å². The lowest BCUT2D eigenvalue weighted by atomic mass is 10.0. The van der Waals surface area contributed by atoms with Gasteiger partial charge in [-0.05, 0) is 18.9 Å². The average Bonchev–Trinajstić information content (AvgIpc) is 2.88. The number of nitrogens with one attached hydrogen (secondary N) is 2. The molecule has 0 bridgehead atoms. The van der Waals surface area contributed by atoms with Gasteiger partial charge >= 0.3 is 6.03 Å². The molecule has 1 heterocycles. The lowest BCUT2D eigenvalue weighted by Gasteiger charge is -2.20. The minimum absolute atomic E-state index is 0.352. The lowest BCUT2D eigenvalue weighted by Crippen LogP contribution is -2.44. The Hall–Kier alpha value is -2.34. The van der Waals surface area contributed by atoms with Crippen LogP contribution in [0.3, 0.4) is 0 Å². The monoisotopic (exact) mass is 316 g/mol. The number of amides is 2. The minimum Gasteiger partial charge on any atom is -0.391 e. The van der Waals surface area contributed by atoms with Crippen molar-refractivity contribution in [3.8, 4) is 0 Å². The molecule has 0 fully saturated rings. The number of aliphatic hydroxyl groups excluding tert-OH is 1. The summed E-state index contributed by atoms with van der Waals surface area (Å²) >= 11 is 0. The highest BCUT2D eigenvalue weighted by Gasteiger charge is 2.17. The van der Waals surface area contributed by atoms with Crippen LogP contribution < -0.4 is 10.6 Å². The van der Waals surface area contributed by atoms with Gasteiger partial charge in [-0.1, -0.05) is 37.3 Å². The summed E-state index contributed by atoms with van der Waals surface area (Å²) in [5.41, 5.74) is 1.95. The molecule has 0 aliphatic carbocycles. The first kappa shape index (κ1) is 17.0. The zero-order chi connectivity index (χ0) is 16.8. The van der Waals surface area contributed by atoms with E-state index in [0.717, 1.165) is 17.7 Å². The number of carbonyl (C=O) groups excluding carboxylic acids is 1. The number of rotatable bonds is 6. The van der Waals surface area contributed by atoms with E-state index in [1.807, 2.05) is 43.3 Å². The van der Waals surface area contributed by atoms with Crippen molar-refractivity contribution in [2.45, 2.75) is 38.8 Å². The predicted octanol–water partition coefficient (Wildman–Crippen LogP) is 2.10. The summed E-state index contributed by atoms with van der Waals surface area (Å²) in [6.07, 6.45) is 0.651. The predicted molar refractivity (Wildman–Crippen MR) is 90.4 cm³/mol. The zero-order valence-corrected chi connectivity index (χ0v) is 13.8. The second kappa shape index (κ2) is 7.78. The number of urea groups is 1. The first-order valence-corrected chi connectivity index (χ1v) is 7.82. The summed E-state index contributed by atoms with van der Waals surface area (Å²) < 4.78 is 1.63. The molecule has 2 atom stereocenters. The number of hydrogen-bond acceptors (Lipinski definition) is 3. The van der Waals surface area contributed by atoms with Gasteiger partial charge in [0.05, 0.1) is 17.8 Å². The lowest BCUT2D eigenvalue weighted by molar-refractivity contribution is 0.137. The first-order valence-electron chi connectivity index (χ1n) is 7.82. The highest BCUT2D eigenvalue weighted by atomic mass is 16.3. The van der Waals surface area contributed by atoms with E-state index in [2.05, 4.69) is 15.7 Å². The van der Waals surface area contributed by atoms with Crippen molar-refractivity contribution in [3.05, 3.63) is 47.7 Å². The van der Waals surface area contributed by atoms with E-state index in [1.165, 1.54) is 0 Å². The highest BCUT2D eigenvalue weighted by Crippen LogP contribution is 2.10. The van der Waals surface area contributed by atoms with Crippen molar-refractivity contribution < 1.29 is 9.90 Å². The van der Waals surface area contributed by atoms with Crippen molar-refractivity contribution in [3.63, 3.8) is 0 Å². The molecule has 2 aromatic rings. The third kappa shape index (κ3) is 4.82. The van der Waals surface area contributed by atoms with Crippen molar-refractivity contribution >= 4 is 11.8 Å². The normalized spacial score (nSPS) is 13.4. The number of aliphatic hydroxyl groups is 1. The molecule has 3 N–H and O–H groups in total. The Labute approximate surface area is 136 Å². The first-order chi connectivity index (χ1) is 11.0. The molecular formula is C17H24N4O2. The van der Waals surface area contributed by atoms with Gasteiger partial charge < -0.3 is 10.4 Å². The fourth-order valence-electron chi connectivity index (χ4n) is 2.30. The highest BCUT2D eigenvalue weighted by molar-refractivity contribution is 5.88. The summed E-state index contributed by atoms with van der Waals surface area (Å²) in [5.74, 6) is 0.629. The average molecular weight is 316 g/mol. The number of anilines is 1. The van der Waals surface area contributed by atoms with Crippen LogP contribution in [0.2, 0.25) is 0 Å². The summed E-state index contributed by atoms with van der Waals surface area (Å²) in [5, 5.41) is 20.0. The number of hydrogen-bond donors (Lipinski definition) is 3. The molecular weight excluding hydrogens is 292 g/mol. The fraction of sp³-hybridized carbons (Fsp3) is 0.412. The van der Waals surface area contributed by atoms with E-state index >= 15 is 0 Å². The topological polar surface area (TPSA) is 79.2 Å². The van der Waals surface area contributed by atoms with Gasteiger partial charge in [0.2, 0.25) is 0 Å². The van der Waals surface area contributed by atoms with Crippen LogP contribution in [0.4, 0.5) is 10.6 Å². The maximum atomic E-state index is 12.1. The SMILES string of the molecule is CCc1cc(NC(=O)NC(C)C(O)Cc2ccccc2)n(C)n1. The van der Waals surface area contributed by atoms with E-state index in [0.29, 0.717) is 12.2 Å². The van der Waals surface area contributed by atoms with Crippen LogP contribution >= 0.6 is 0 Å². The smallest absolute Gasteiger partial charge is 0.320 e. The molecule has 124 valence electrons. The van der Waals surface area contributed by atoms with E-state index < -0.39 is 6.10 Å². The number of nitrogens with zero attached hydrogens (tertiary/aromatic N) is 2. The fourth-order valence-corrected chi connectivity index (χ4v) is 2.30. The van der Waals surface area contributed by atoms with Crippen LogP contribution in [-0.2, 0) is 19.9 Å². The molecule has 0 aliphatic heterocycles. The number of benzene rings is 1. The number of aromatic nitrogens is 2. The Balaban J connectivity index is 1.87. The summed E-state index contributed by atoms with van der Waals surface area (Å²) in [7, 11) is 1.78. The van der Waals surface area contributed by atoms with Crippen LogP contribution in [0.25, 0.3) is 0 Å². The molecule has 2 unspecified atom stereocenters. The molecule has 2 rings (SSSR count).